The molecule has 6 heteroatoms. The number of rotatable bonds is 3. The second-order valence-electron chi connectivity index (χ2n) is 8.21. The van der Waals surface area contributed by atoms with Gasteiger partial charge >= 0.3 is 0 Å². The Bertz CT molecular complexity index is 1340. The van der Waals surface area contributed by atoms with Gasteiger partial charge in [-0.05, 0) is 82.5 Å². The average Bonchev–Trinajstić information content (AvgIpc) is 3.15. The van der Waals surface area contributed by atoms with Crippen LogP contribution >= 0.6 is 0 Å². The molecule has 0 aliphatic carbocycles. The molecule has 0 radical (unpaired) electrons. The van der Waals surface area contributed by atoms with Gasteiger partial charge in [-0.15, -0.1) is 0 Å². The Morgan fingerprint density at radius 2 is 1.61 bits per heavy atom. The van der Waals surface area contributed by atoms with E-state index in [0.717, 1.165) is 27.9 Å². The highest BCUT2D eigenvalue weighted by molar-refractivity contribution is 6.32. The van der Waals surface area contributed by atoms with Crippen LogP contribution in [0.5, 0.6) is 0 Å². The Balaban J connectivity index is 1.75. The normalized spacial score (nSPS) is 15.2. The number of hydrogen-bond acceptors (Lipinski definition) is 3. The van der Waals surface area contributed by atoms with Crippen LogP contribution in [-0.4, -0.2) is 21.4 Å². The number of amides is 1. The maximum absolute atomic E-state index is 13.2. The van der Waals surface area contributed by atoms with Crippen molar-refractivity contribution in [1.29, 1.82) is 0 Å². The molecular weight excluding hydrogens is 388 g/mol. The molecule has 0 bridgehead atoms. The maximum atomic E-state index is 13.2. The summed E-state index contributed by atoms with van der Waals surface area (Å²) in [6.45, 7) is 11.6. The molecule has 3 aromatic rings. The van der Waals surface area contributed by atoms with Gasteiger partial charge < -0.3 is 0 Å². The smallest absolute Gasteiger partial charge is 0.280 e. The number of aromatic nitrogens is 2. The van der Waals surface area contributed by atoms with Crippen molar-refractivity contribution in [3.05, 3.63) is 85.8 Å². The van der Waals surface area contributed by atoms with Crippen LogP contribution < -0.4 is 10.6 Å². The van der Waals surface area contributed by atoms with Gasteiger partial charge in [0.25, 0.3) is 11.5 Å². The SMILES string of the molecule is CC1=NN(c2ccc(C)c(C)c2)C(=O)C1=Cc1c(C)[nH]n(-c2ccc(C)cc2C)c1=O. The summed E-state index contributed by atoms with van der Waals surface area (Å²) >= 11 is 0. The third-order valence-electron chi connectivity index (χ3n) is 5.80. The van der Waals surface area contributed by atoms with E-state index in [1.165, 1.54) is 9.69 Å². The van der Waals surface area contributed by atoms with Gasteiger partial charge in [-0.3, -0.25) is 14.7 Å². The number of hydrazone groups is 1. The van der Waals surface area contributed by atoms with Crippen LogP contribution in [0.25, 0.3) is 11.8 Å². The first kappa shape index (κ1) is 20.6. The van der Waals surface area contributed by atoms with Gasteiger partial charge in [0.05, 0.1) is 28.2 Å². The van der Waals surface area contributed by atoms with Gasteiger partial charge in [0, 0.05) is 5.69 Å². The van der Waals surface area contributed by atoms with Gasteiger partial charge in [0.15, 0.2) is 0 Å². The number of nitrogens with zero attached hydrogens (tertiary/aromatic N) is 3. The first-order chi connectivity index (χ1) is 14.7. The summed E-state index contributed by atoms with van der Waals surface area (Å²) in [4.78, 5) is 26.3. The van der Waals surface area contributed by atoms with Gasteiger partial charge in [-0.25, -0.2) is 4.68 Å². The monoisotopic (exact) mass is 414 g/mol. The van der Waals surface area contributed by atoms with E-state index in [1.807, 2.05) is 71.0 Å². The molecule has 0 unspecified atom stereocenters. The predicted octanol–water partition coefficient (Wildman–Crippen LogP) is 4.51. The van der Waals surface area contributed by atoms with Crippen molar-refractivity contribution in [2.75, 3.05) is 5.01 Å². The van der Waals surface area contributed by atoms with Crippen molar-refractivity contribution in [2.24, 2.45) is 5.10 Å². The van der Waals surface area contributed by atoms with Gasteiger partial charge in [0.2, 0.25) is 0 Å². The number of aryl methyl sites for hydroxylation is 5. The summed E-state index contributed by atoms with van der Waals surface area (Å²) in [6, 6.07) is 11.7. The summed E-state index contributed by atoms with van der Waals surface area (Å²) in [5.41, 5.74) is 7.86. The third kappa shape index (κ3) is 3.54. The number of H-pyrrole nitrogens is 1. The van der Waals surface area contributed by atoms with E-state index >= 15 is 0 Å². The minimum absolute atomic E-state index is 0.192. The van der Waals surface area contributed by atoms with Crippen LogP contribution in [0.15, 0.2) is 51.9 Å². The van der Waals surface area contributed by atoms with Crippen LogP contribution in [0, 0.1) is 34.6 Å². The minimum Gasteiger partial charge on any atom is -0.295 e. The second-order valence-corrected chi connectivity index (χ2v) is 8.21. The summed E-state index contributed by atoms with van der Waals surface area (Å²) in [5, 5.41) is 8.99. The van der Waals surface area contributed by atoms with Crippen LogP contribution in [-0.2, 0) is 4.79 Å². The minimum atomic E-state index is -0.237. The molecule has 0 saturated carbocycles. The van der Waals surface area contributed by atoms with Crippen LogP contribution in [0.3, 0.4) is 0 Å². The first-order valence-corrected chi connectivity index (χ1v) is 10.3. The Morgan fingerprint density at radius 3 is 2.29 bits per heavy atom. The van der Waals surface area contributed by atoms with E-state index in [1.54, 1.807) is 13.0 Å². The molecule has 4 rings (SSSR count). The van der Waals surface area contributed by atoms with Crippen LogP contribution in [0.1, 0.15) is 40.4 Å². The molecule has 0 saturated heterocycles. The highest BCUT2D eigenvalue weighted by atomic mass is 16.2. The highest BCUT2D eigenvalue weighted by Crippen LogP contribution is 2.27. The summed E-state index contributed by atoms with van der Waals surface area (Å²) < 4.78 is 1.53. The molecule has 0 atom stereocenters. The van der Waals surface area contributed by atoms with E-state index < -0.39 is 0 Å². The number of hydrogen-bond donors (Lipinski definition) is 1. The zero-order valence-electron chi connectivity index (χ0n) is 18.7. The Morgan fingerprint density at radius 1 is 0.871 bits per heavy atom. The molecule has 0 spiro atoms. The number of aromatic amines is 1. The van der Waals surface area contributed by atoms with Crippen molar-refractivity contribution in [3.8, 4) is 5.69 Å². The standard InChI is InChI=1S/C25H26N4O2/c1-14-7-10-23(17(4)11-14)29-25(31)22(19(6)27-29)13-21-18(5)26-28(24(21)30)20-9-8-15(2)16(3)12-20/h7-13,27H,1-6H3. The lowest BCUT2D eigenvalue weighted by atomic mass is 10.1. The van der Waals surface area contributed by atoms with Gasteiger partial charge in [-0.2, -0.15) is 10.1 Å². The first-order valence-electron chi connectivity index (χ1n) is 10.3. The molecule has 1 N–H and O–H groups in total. The summed E-state index contributed by atoms with van der Waals surface area (Å²) in [7, 11) is 0. The number of carbonyl (C=O) groups excluding carboxylic acids is 1. The molecule has 1 amide bonds. The molecule has 1 aromatic heterocycles. The topological polar surface area (TPSA) is 70.5 Å². The highest BCUT2D eigenvalue weighted by Gasteiger charge is 2.29. The van der Waals surface area contributed by atoms with E-state index in [4.69, 9.17) is 0 Å². The molecule has 31 heavy (non-hydrogen) atoms. The second kappa shape index (κ2) is 7.54. The molecule has 1 aliphatic rings. The fourth-order valence-electron chi connectivity index (χ4n) is 3.82. The number of anilines is 1. The molecule has 158 valence electrons. The lowest BCUT2D eigenvalue weighted by molar-refractivity contribution is -0.114. The predicted molar refractivity (Wildman–Crippen MR) is 125 cm³/mol. The summed E-state index contributed by atoms with van der Waals surface area (Å²) in [6.07, 6.45) is 1.65. The van der Waals surface area contributed by atoms with Gasteiger partial charge in [0.1, 0.15) is 0 Å². The lowest BCUT2D eigenvalue weighted by Crippen LogP contribution is -2.22. The molecular formula is C25H26N4O2. The fraction of sp³-hybridized carbons (Fsp3) is 0.240. The average molecular weight is 415 g/mol. The molecule has 2 aromatic carbocycles. The Kier molecular flexibility index (Phi) is 5.01. The van der Waals surface area contributed by atoms with Crippen molar-refractivity contribution < 1.29 is 4.79 Å². The third-order valence-corrected chi connectivity index (χ3v) is 5.80. The molecule has 1 aliphatic heterocycles. The fourth-order valence-corrected chi connectivity index (χ4v) is 3.82. The van der Waals surface area contributed by atoms with Gasteiger partial charge in [-0.1, -0.05) is 23.8 Å². The van der Waals surface area contributed by atoms with Crippen molar-refractivity contribution in [2.45, 2.75) is 41.5 Å². The quantitative estimate of drug-likeness (QED) is 0.641. The van der Waals surface area contributed by atoms with Crippen molar-refractivity contribution in [3.63, 3.8) is 0 Å². The summed E-state index contributed by atoms with van der Waals surface area (Å²) in [5.74, 6) is -0.237. The number of nitrogens with one attached hydrogen (secondary N) is 1. The van der Waals surface area contributed by atoms with Crippen molar-refractivity contribution >= 4 is 23.4 Å². The van der Waals surface area contributed by atoms with E-state index in [0.29, 0.717) is 28.2 Å². The lowest BCUT2D eigenvalue weighted by Gasteiger charge is -2.13. The van der Waals surface area contributed by atoms with Crippen LogP contribution in [0.4, 0.5) is 5.69 Å². The molecule has 0 fully saturated rings. The van der Waals surface area contributed by atoms with Crippen molar-refractivity contribution in [1.82, 2.24) is 9.78 Å². The maximum Gasteiger partial charge on any atom is 0.280 e. The van der Waals surface area contributed by atoms with Crippen LogP contribution in [0.2, 0.25) is 0 Å². The van der Waals surface area contributed by atoms with E-state index in [9.17, 15) is 9.59 Å². The zero-order valence-corrected chi connectivity index (χ0v) is 18.7. The largest absolute Gasteiger partial charge is 0.295 e. The molecule has 2 heterocycles. The van der Waals surface area contributed by atoms with E-state index in [-0.39, 0.29) is 11.5 Å². The molecule has 6 nitrogen and oxygen atoms in total. The van der Waals surface area contributed by atoms with E-state index in [2.05, 4.69) is 10.2 Å². The number of benzene rings is 2. The number of carbonyl (C=O) groups is 1. The zero-order chi connectivity index (χ0) is 22.4. The Hall–Kier alpha value is -3.67. The Labute approximate surface area is 181 Å².